The first-order valence-corrected chi connectivity index (χ1v) is 11.8. The zero-order valence-corrected chi connectivity index (χ0v) is 20.1. The number of carbonyl (C=O) groups excluding carboxylic acids is 1. The van der Waals surface area contributed by atoms with Gasteiger partial charge in [-0.1, -0.05) is 12.1 Å². The van der Waals surface area contributed by atoms with E-state index in [9.17, 15) is 9.90 Å². The third kappa shape index (κ3) is 6.25. The van der Waals surface area contributed by atoms with Crippen LogP contribution in [0, 0.1) is 12.8 Å². The Hall–Kier alpha value is -3.27. The first-order chi connectivity index (χ1) is 17.0. The van der Waals surface area contributed by atoms with E-state index >= 15 is 0 Å². The summed E-state index contributed by atoms with van der Waals surface area (Å²) >= 11 is 0. The van der Waals surface area contributed by atoms with E-state index < -0.39 is 18.6 Å². The van der Waals surface area contributed by atoms with Gasteiger partial charge in [-0.2, -0.15) is 5.10 Å². The molecule has 1 aliphatic rings. The lowest BCUT2D eigenvalue weighted by Crippen LogP contribution is -2.38. The summed E-state index contributed by atoms with van der Waals surface area (Å²) in [7, 11) is 1.63. The molecule has 3 aromatic rings. The standard InChI is InChI=1S/C26H32N4O5/c1-17-3-4-19(11-23(17)28-25(33)15-31)24(32)14-30-9-7-18(8-10-30)16-35-26-22-12-21(34-2)6-5-20(22)13-27-29-26/h3-6,11-13,18,24,31-32H,7-10,14-16H2,1-2H3,(H,28,33). The molecule has 1 saturated heterocycles. The van der Waals surface area contributed by atoms with Crippen molar-refractivity contribution < 1.29 is 24.5 Å². The molecule has 2 aromatic carbocycles. The van der Waals surface area contributed by atoms with Gasteiger partial charge in [-0.15, -0.1) is 5.10 Å². The SMILES string of the molecule is COc1ccc2cnnc(OCC3CCN(CC(O)c4ccc(C)c(NC(=O)CO)c4)CC3)c2c1. The van der Waals surface area contributed by atoms with Crippen LogP contribution in [0.15, 0.2) is 42.6 Å². The number of nitrogens with zero attached hydrogens (tertiary/aromatic N) is 3. The van der Waals surface area contributed by atoms with Crippen LogP contribution in [-0.4, -0.2) is 71.2 Å². The zero-order chi connectivity index (χ0) is 24.8. The van der Waals surface area contributed by atoms with Gasteiger partial charge in [0, 0.05) is 17.6 Å². The lowest BCUT2D eigenvalue weighted by Gasteiger charge is -2.33. The molecule has 0 bridgehead atoms. The van der Waals surface area contributed by atoms with Gasteiger partial charge in [0.2, 0.25) is 11.8 Å². The first-order valence-electron chi connectivity index (χ1n) is 11.8. The van der Waals surface area contributed by atoms with Crippen molar-refractivity contribution >= 4 is 22.4 Å². The van der Waals surface area contributed by atoms with Gasteiger partial charge >= 0.3 is 0 Å². The summed E-state index contributed by atoms with van der Waals surface area (Å²) in [5.41, 5.74) is 2.21. The molecule has 0 spiro atoms. The molecule has 9 nitrogen and oxygen atoms in total. The number of anilines is 1. The Labute approximate surface area is 204 Å². The smallest absolute Gasteiger partial charge is 0.250 e. The second-order valence-corrected chi connectivity index (χ2v) is 8.95. The Kier molecular flexibility index (Phi) is 8.12. The summed E-state index contributed by atoms with van der Waals surface area (Å²) in [6.07, 6.45) is 2.96. The van der Waals surface area contributed by atoms with Crippen molar-refractivity contribution in [2.45, 2.75) is 25.9 Å². The van der Waals surface area contributed by atoms with Gasteiger partial charge in [0.1, 0.15) is 12.4 Å². The summed E-state index contributed by atoms with van der Waals surface area (Å²) in [5.74, 6) is 1.18. The van der Waals surface area contributed by atoms with Gasteiger partial charge in [-0.25, -0.2) is 0 Å². The number of carbonyl (C=O) groups is 1. The minimum atomic E-state index is -0.672. The monoisotopic (exact) mass is 480 g/mol. The summed E-state index contributed by atoms with van der Waals surface area (Å²) in [5, 5.41) is 32.5. The predicted molar refractivity (Wildman–Crippen MR) is 133 cm³/mol. The number of ether oxygens (including phenoxy) is 2. The van der Waals surface area contributed by atoms with Gasteiger partial charge in [0.05, 0.1) is 31.4 Å². The highest BCUT2D eigenvalue weighted by molar-refractivity contribution is 5.92. The number of hydrogen-bond acceptors (Lipinski definition) is 8. The Bertz CT molecular complexity index is 1160. The number of fused-ring (bicyclic) bond motifs is 1. The number of aliphatic hydroxyl groups excluding tert-OH is 2. The summed E-state index contributed by atoms with van der Waals surface area (Å²) in [6.45, 7) is 4.09. The fourth-order valence-corrected chi connectivity index (χ4v) is 4.32. The van der Waals surface area contributed by atoms with Crippen molar-refractivity contribution in [1.29, 1.82) is 0 Å². The summed E-state index contributed by atoms with van der Waals surface area (Å²) in [6, 6.07) is 11.2. The quantitative estimate of drug-likeness (QED) is 0.428. The maximum atomic E-state index is 11.5. The molecule has 4 rings (SSSR count). The van der Waals surface area contributed by atoms with E-state index in [-0.39, 0.29) is 0 Å². The molecule has 35 heavy (non-hydrogen) atoms. The van der Waals surface area contributed by atoms with Crippen molar-refractivity contribution in [2.24, 2.45) is 5.92 Å². The number of β-amino-alcohol motifs (C(OH)–C–C–N with tert-alkyl or cyclic N) is 1. The molecule has 0 saturated carbocycles. The van der Waals surface area contributed by atoms with Gasteiger partial charge in [-0.3, -0.25) is 4.79 Å². The number of hydrogen-bond donors (Lipinski definition) is 3. The molecule has 1 aromatic heterocycles. The topological polar surface area (TPSA) is 117 Å². The van der Waals surface area contributed by atoms with E-state index in [4.69, 9.17) is 14.6 Å². The lowest BCUT2D eigenvalue weighted by atomic mass is 9.97. The number of aromatic nitrogens is 2. The van der Waals surface area contributed by atoms with Crippen LogP contribution in [0.2, 0.25) is 0 Å². The van der Waals surface area contributed by atoms with Crippen molar-refractivity contribution in [2.75, 3.05) is 45.3 Å². The molecule has 0 aliphatic carbocycles. The van der Waals surface area contributed by atoms with Crippen molar-refractivity contribution in [3.8, 4) is 11.6 Å². The van der Waals surface area contributed by atoms with Crippen LogP contribution < -0.4 is 14.8 Å². The van der Waals surface area contributed by atoms with Crippen molar-refractivity contribution in [1.82, 2.24) is 15.1 Å². The van der Waals surface area contributed by atoms with Crippen LogP contribution >= 0.6 is 0 Å². The Morgan fingerprint density at radius 1 is 1.23 bits per heavy atom. The van der Waals surface area contributed by atoms with Crippen LogP contribution in [0.5, 0.6) is 11.6 Å². The highest BCUT2D eigenvalue weighted by Crippen LogP contribution is 2.28. The van der Waals surface area contributed by atoms with Gasteiger partial charge in [-0.05, 0) is 74.2 Å². The van der Waals surface area contributed by atoms with E-state index in [1.165, 1.54) is 0 Å². The average molecular weight is 481 g/mol. The number of nitrogens with one attached hydrogen (secondary N) is 1. The number of aryl methyl sites for hydroxylation is 1. The van der Waals surface area contributed by atoms with Crippen LogP contribution in [0.1, 0.15) is 30.1 Å². The minimum Gasteiger partial charge on any atom is -0.497 e. The molecule has 1 unspecified atom stereocenters. The predicted octanol–water partition coefficient (Wildman–Crippen LogP) is 2.70. The van der Waals surface area contributed by atoms with Crippen LogP contribution in [0.4, 0.5) is 5.69 Å². The molecule has 1 fully saturated rings. The first kappa shape index (κ1) is 24.8. The number of benzene rings is 2. The van der Waals surface area contributed by atoms with Gasteiger partial charge < -0.3 is 29.9 Å². The molecule has 1 atom stereocenters. The van der Waals surface area contributed by atoms with E-state index in [1.54, 1.807) is 19.4 Å². The number of rotatable bonds is 9. The van der Waals surface area contributed by atoms with Gasteiger partial charge in [0.15, 0.2) is 0 Å². The zero-order valence-electron chi connectivity index (χ0n) is 20.1. The van der Waals surface area contributed by atoms with E-state index in [1.807, 2.05) is 37.3 Å². The largest absolute Gasteiger partial charge is 0.497 e. The highest BCUT2D eigenvalue weighted by Gasteiger charge is 2.23. The fraction of sp³-hybridized carbons (Fsp3) is 0.423. The molecule has 0 radical (unpaired) electrons. The Morgan fingerprint density at radius 2 is 2.03 bits per heavy atom. The summed E-state index contributed by atoms with van der Waals surface area (Å²) in [4.78, 5) is 13.8. The van der Waals surface area contributed by atoms with E-state index in [0.29, 0.717) is 30.6 Å². The third-order valence-electron chi connectivity index (χ3n) is 6.49. The van der Waals surface area contributed by atoms with Crippen molar-refractivity contribution in [3.63, 3.8) is 0 Å². The average Bonchev–Trinajstić information content (AvgIpc) is 2.89. The van der Waals surface area contributed by atoms with Gasteiger partial charge in [0.25, 0.3) is 0 Å². The Balaban J connectivity index is 1.29. The molecule has 2 heterocycles. The van der Waals surface area contributed by atoms with Crippen LogP contribution in [0.25, 0.3) is 10.8 Å². The van der Waals surface area contributed by atoms with Crippen LogP contribution in [0.3, 0.4) is 0 Å². The number of amides is 1. The molecular formula is C26H32N4O5. The second-order valence-electron chi connectivity index (χ2n) is 8.95. The maximum Gasteiger partial charge on any atom is 0.250 e. The molecular weight excluding hydrogens is 448 g/mol. The second kappa shape index (κ2) is 11.4. The third-order valence-corrected chi connectivity index (χ3v) is 6.49. The minimum absolute atomic E-state index is 0.394. The number of methoxy groups -OCH3 is 1. The van der Waals surface area contributed by atoms with Crippen molar-refractivity contribution in [3.05, 3.63) is 53.7 Å². The molecule has 186 valence electrons. The highest BCUT2D eigenvalue weighted by atomic mass is 16.5. The lowest BCUT2D eigenvalue weighted by molar-refractivity contribution is -0.118. The van der Waals surface area contributed by atoms with E-state index in [2.05, 4.69) is 20.4 Å². The van der Waals surface area contributed by atoms with Crippen LogP contribution in [-0.2, 0) is 4.79 Å². The summed E-state index contributed by atoms with van der Waals surface area (Å²) < 4.78 is 11.4. The fourth-order valence-electron chi connectivity index (χ4n) is 4.32. The maximum absolute atomic E-state index is 11.5. The molecule has 1 amide bonds. The number of piperidine rings is 1. The Morgan fingerprint density at radius 3 is 2.77 bits per heavy atom. The number of aliphatic hydroxyl groups is 2. The molecule has 1 aliphatic heterocycles. The number of likely N-dealkylation sites (tertiary alicyclic amines) is 1. The molecule has 3 N–H and O–H groups in total. The van der Waals surface area contributed by atoms with E-state index in [0.717, 1.165) is 53.6 Å². The normalized spacial score (nSPS) is 15.7. The molecule has 9 heteroatoms.